The largest absolute Gasteiger partial charge is 0.495 e. The second-order valence-electron chi connectivity index (χ2n) is 6.33. The number of rotatable bonds is 8. The number of fused-ring (bicyclic) bond motifs is 1. The van der Waals surface area contributed by atoms with Gasteiger partial charge in [0.25, 0.3) is 5.91 Å². The van der Waals surface area contributed by atoms with Crippen molar-refractivity contribution >= 4 is 15.9 Å². The molecule has 0 saturated carbocycles. The number of carbonyl (C=O) groups is 1. The van der Waals surface area contributed by atoms with Gasteiger partial charge in [-0.05, 0) is 35.9 Å². The number of ether oxygens (including phenoxy) is 3. The fourth-order valence-electron chi connectivity index (χ4n) is 3.06. The molecule has 0 aliphatic carbocycles. The maximum atomic E-state index is 12.9. The van der Waals surface area contributed by atoms with Gasteiger partial charge in [-0.15, -0.1) is 0 Å². The van der Waals surface area contributed by atoms with Crippen molar-refractivity contribution in [1.29, 1.82) is 0 Å². The normalized spacial score (nSPS) is 12.8. The Bertz CT molecular complexity index is 1000. The van der Waals surface area contributed by atoms with Crippen molar-refractivity contribution in [2.45, 2.75) is 25.3 Å². The Hall–Kier alpha value is -2.78. The van der Waals surface area contributed by atoms with Crippen LogP contribution >= 0.6 is 0 Å². The molecular weight excluding hydrogens is 396 g/mol. The predicted molar refractivity (Wildman–Crippen MR) is 107 cm³/mol. The van der Waals surface area contributed by atoms with Crippen LogP contribution in [-0.2, 0) is 16.6 Å². The van der Waals surface area contributed by atoms with E-state index in [1.165, 1.54) is 29.6 Å². The van der Waals surface area contributed by atoms with E-state index >= 15 is 0 Å². The molecule has 1 aliphatic rings. The number of nitrogens with one attached hydrogen (secondary N) is 1. The highest BCUT2D eigenvalue weighted by Gasteiger charge is 2.26. The summed E-state index contributed by atoms with van der Waals surface area (Å²) in [5, 5.41) is 2.80. The van der Waals surface area contributed by atoms with Crippen LogP contribution in [0, 0.1) is 0 Å². The number of amides is 1. The third kappa shape index (κ3) is 4.30. The Morgan fingerprint density at radius 2 is 1.83 bits per heavy atom. The minimum atomic E-state index is -3.78. The standard InChI is InChI=1S/C20H24N2O6S/c1-4-22(5-2)29(24,25)19-11-15(7-9-17(19)26-3)20(23)21-12-14-6-8-16-18(10-14)28-13-27-16/h6-11H,4-5,12-13H2,1-3H3,(H,21,23). The van der Waals surface area contributed by atoms with Gasteiger partial charge in [-0.1, -0.05) is 19.9 Å². The first kappa shape index (κ1) is 20.9. The molecule has 0 atom stereocenters. The van der Waals surface area contributed by atoms with Crippen LogP contribution in [0.2, 0.25) is 0 Å². The molecule has 0 unspecified atom stereocenters. The summed E-state index contributed by atoms with van der Waals surface area (Å²) in [4.78, 5) is 12.6. The van der Waals surface area contributed by atoms with E-state index in [0.717, 1.165) is 5.56 Å². The van der Waals surface area contributed by atoms with E-state index in [0.29, 0.717) is 24.6 Å². The third-order valence-electron chi connectivity index (χ3n) is 4.64. The first-order valence-corrected chi connectivity index (χ1v) is 10.7. The molecule has 0 fully saturated rings. The van der Waals surface area contributed by atoms with Crippen LogP contribution in [0.4, 0.5) is 0 Å². The monoisotopic (exact) mass is 420 g/mol. The van der Waals surface area contributed by atoms with Crippen LogP contribution < -0.4 is 19.5 Å². The van der Waals surface area contributed by atoms with Gasteiger partial charge in [-0.25, -0.2) is 8.42 Å². The number of carbonyl (C=O) groups excluding carboxylic acids is 1. The second-order valence-corrected chi connectivity index (χ2v) is 8.23. The molecule has 1 N–H and O–H groups in total. The van der Waals surface area contributed by atoms with Crippen LogP contribution in [-0.4, -0.2) is 45.6 Å². The molecule has 29 heavy (non-hydrogen) atoms. The molecule has 1 heterocycles. The maximum Gasteiger partial charge on any atom is 0.251 e. The smallest absolute Gasteiger partial charge is 0.251 e. The molecule has 0 saturated heterocycles. The molecule has 8 nitrogen and oxygen atoms in total. The molecule has 2 aromatic rings. The van der Waals surface area contributed by atoms with Gasteiger partial charge < -0.3 is 19.5 Å². The van der Waals surface area contributed by atoms with Crippen LogP contribution in [0.1, 0.15) is 29.8 Å². The summed E-state index contributed by atoms with van der Waals surface area (Å²) in [6, 6.07) is 9.79. The fraction of sp³-hybridized carbons (Fsp3) is 0.350. The Morgan fingerprint density at radius 3 is 2.52 bits per heavy atom. The molecule has 156 valence electrons. The molecule has 0 bridgehead atoms. The quantitative estimate of drug-likeness (QED) is 0.705. The van der Waals surface area contributed by atoms with Gasteiger partial charge in [-0.2, -0.15) is 4.31 Å². The zero-order valence-electron chi connectivity index (χ0n) is 16.6. The average molecular weight is 420 g/mol. The van der Waals surface area contributed by atoms with E-state index in [4.69, 9.17) is 14.2 Å². The molecular formula is C20H24N2O6S. The molecule has 1 amide bonds. The Morgan fingerprint density at radius 1 is 1.10 bits per heavy atom. The third-order valence-corrected chi connectivity index (χ3v) is 6.71. The fourth-order valence-corrected chi connectivity index (χ4v) is 4.70. The van der Waals surface area contributed by atoms with Crippen molar-refractivity contribution in [2.24, 2.45) is 0 Å². The second kappa shape index (κ2) is 8.71. The van der Waals surface area contributed by atoms with E-state index in [-0.39, 0.29) is 35.5 Å². The average Bonchev–Trinajstić information content (AvgIpc) is 3.20. The van der Waals surface area contributed by atoms with Crippen molar-refractivity contribution in [1.82, 2.24) is 9.62 Å². The molecule has 3 rings (SSSR count). The van der Waals surface area contributed by atoms with E-state index in [1.54, 1.807) is 26.0 Å². The lowest BCUT2D eigenvalue weighted by Gasteiger charge is -2.20. The molecule has 0 spiro atoms. The zero-order valence-corrected chi connectivity index (χ0v) is 17.4. The van der Waals surface area contributed by atoms with Crippen molar-refractivity contribution < 1.29 is 27.4 Å². The van der Waals surface area contributed by atoms with Gasteiger partial charge in [0.1, 0.15) is 10.6 Å². The van der Waals surface area contributed by atoms with Crippen molar-refractivity contribution in [3.8, 4) is 17.2 Å². The summed E-state index contributed by atoms with van der Waals surface area (Å²) < 4.78 is 43.0. The summed E-state index contributed by atoms with van der Waals surface area (Å²) >= 11 is 0. The first-order chi connectivity index (χ1) is 13.9. The number of benzene rings is 2. The van der Waals surface area contributed by atoms with Crippen LogP contribution in [0.3, 0.4) is 0 Å². The summed E-state index contributed by atoms with van der Waals surface area (Å²) in [6.07, 6.45) is 0. The minimum Gasteiger partial charge on any atom is -0.495 e. The van der Waals surface area contributed by atoms with Crippen molar-refractivity contribution in [3.63, 3.8) is 0 Å². The Balaban J connectivity index is 1.80. The number of hydrogen-bond acceptors (Lipinski definition) is 6. The van der Waals surface area contributed by atoms with Gasteiger partial charge in [0.15, 0.2) is 11.5 Å². The topological polar surface area (TPSA) is 94.2 Å². The van der Waals surface area contributed by atoms with Gasteiger partial charge in [0.2, 0.25) is 16.8 Å². The molecule has 9 heteroatoms. The summed E-state index contributed by atoms with van der Waals surface area (Å²) in [5.41, 5.74) is 1.07. The van der Waals surface area contributed by atoms with E-state index in [1.807, 2.05) is 6.07 Å². The van der Waals surface area contributed by atoms with Crippen LogP contribution in [0.5, 0.6) is 17.2 Å². The van der Waals surface area contributed by atoms with Gasteiger partial charge >= 0.3 is 0 Å². The number of methoxy groups -OCH3 is 1. The predicted octanol–water partition coefficient (Wildman–Crippen LogP) is 2.38. The summed E-state index contributed by atoms with van der Waals surface area (Å²) in [6.45, 7) is 4.61. The lowest BCUT2D eigenvalue weighted by molar-refractivity contribution is 0.0950. The van der Waals surface area contributed by atoms with Crippen LogP contribution in [0.15, 0.2) is 41.3 Å². The first-order valence-electron chi connectivity index (χ1n) is 9.25. The number of hydrogen-bond donors (Lipinski definition) is 1. The lowest BCUT2D eigenvalue weighted by atomic mass is 10.1. The number of nitrogens with zero attached hydrogens (tertiary/aromatic N) is 1. The SMILES string of the molecule is CCN(CC)S(=O)(=O)c1cc(C(=O)NCc2ccc3c(c2)OCO3)ccc1OC. The van der Waals surface area contributed by atoms with Crippen LogP contribution in [0.25, 0.3) is 0 Å². The molecule has 0 aromatic heterocycles. The van der Waals surface area contributed by atoms with Gasteiger partial charge in [-0.3, -0.25) is 4.79 Å². The maximum absolute atomic E-state index is 12.9. The number of sulfonamides is 1. The highest BCUT2D eigenvalue weighted by Crippen LogP contribution is 2.32. The summed E-state index contributed by atoms with van der Waals surface area (Å²) in [7, 11) is -2.38. The van der Waals surface area contributed by atoms with E-state index < -0.39 is 10.0 Å². The highest BCUT2D eigenvalue weighted by molar-refractivity contribution is 7.89. The molecule has 2 aromatic carbocycles. The summed E-state index contributed by atoms with van der Waals surface area (Å²) in [5.74, 6) is 1.11. The van der Waals surface area contributed by atoms with E-state index in [9.17, 15) is 13.2 Å². The Kier molecular flexibility index (Phi) is 6.29. The van der Waals surface area contributed by atoms with Gasteiger partial charge in [0, 0.05) is 25.2 Å². The van der Waals surface area contributed by atoms with Crippen molar-refractivity contribution in [3.05, 3.63) is 47.5 Å². The minimum absolute atomic E-state index is 0.0283. The molecule has 1 aliphatic heterocycles. The van der Waals surface area contributed by atoms with Crippen molar-refractivity contribution in [2.75, 3.05) is 27.0 Å². The Labute approximate surface area is 170 Å². The molecule has 0 radical (unpaired) electrons. The van der Waals surface area contributed by atoms with Gasteiger partial charge in [0.05, 0.1) is 7.11 Å². The highest BCUT2D eigenvalue weighted by atomic mass is 32.2. The van der Waals surface area contributed by atoms with E-state index in [2.05, 4.69) is 5.32 Å². The lowest BCUT2D eigenvalue weighted by Crippen LogP contribution is -2.31. The zero-order chi connectivity index (χ0) is 21.0.